The fourth-order valence-electron chi connectivity index (χ4n) is 2.13. The SMILES string of the molecule is CC1CCC(OCCCS(=O)(=O)Cl)CC1C. The second-order valence-corrected chi connectivity index (χ2v) is 7.75. The topological polar surface area (TPSA) is 43.4 Å². The van der Waals surface area contributed by atoms with Crippen LogP contribution in [0.2, 0.25) is 0 Å². The molecule has 0 bridgehead atoms. The molecule has 0 aromatic rings. The monoisotopic (exact) mass is 268 g/mol. The van der Waals surface area contributed by atoms with Crippen molar-refractivity contribution >= 4 is 19.7 Å². The Kier molecular flexibility index (Phi) is 5.54. The Morgan fingerprint density at radius 3 is 2.50 bits per heavy atom. The number of rotatable bonds is 5. The average molecular weight is 269 g/mol. The molecule has 0 saturated heterocycles. The summed E-state index contributed by atoms with van der Waals surface area (Å²) in [6.45, 7) is 5.03. The van der Waals surface area contributed by atoms with Gasteiger partial charge in [0.1, 0.15) is 0 Å². The molecule has 0 radical (unpaired) electrons. The van der Waals surface area contributed by atoms with Crippen molar-refractivity contribution in [3.05, 3.63) is 0 Å². The predicted molar refractivity (Wildman–Crippen MR) is 66.2 cm³/mol. The first-order valence-corrected chi connectivity index (χ1v) is 8.40. The van der Waals surface area contributed by atoms with E-state index in [2.05, 4.69) is 13.8 Å². The van der Waals surface area contributed by atoms with E-state index in [0.717, 1.165) is 18.8 Å². The van der Waals surface area contributed by atoms with E-state index in [1.807, 2.05) is 0 Å². The Morgan fingerprint density at radius 1 is 1.25 bits per heavy atom. The molecule has 1 fully saturated rings. The molecule has 3 unspecified atom stereocenters. The van der Waals surface area contributed by atoms with Crippen molar-refractivity contribution in [2.45, 2.75) is 45.6 Å². The molecule has 0 aromatic heterocycles. The molecule has 16 heavy (non-hydrogen) atoms. The quantitative estimate of drug-likeness (QED) is 0.569. The summed E-state index contributed by atoms with van der Waals surface area (Å²) < 4.78 is 27.0. The fraction of sp³-hybridized carbons (Fsp3) is 1.00. The summed E-state index contributed by atoms with van der Waals surface area (Å²) in [6, 6.07) is 0. The van der Waals surface area contributed by atoms with Gasteiger partial charge in [0.15, 0.2) is 0 Å². The Morgan fingerprint density at radius 2 is 1.94 bits per heavy atom. The van der Waals surface area contributed by atoms with Crippen LogP contribution in [0.25, 0.3) is 0 Å². The standard InChI is InChI=1S/C11H21ClO3S/c1-9-4-5-11(8-10(9)2)15-6-3-7-16(12,13)14/h9-11H,3-8H2,1-2H3. The molecule has 0 aromatic carbocycles. The molecule has 1 rings (SSSR count). The van der Waals surface area contributed by atoms with E-state index in [9.17, 15) is 8.42 Å². The molecular formula is C11H21ClO3S. The molecule has 0 N–H and O–H groups in total. The van der Waals surface area contributed by atoms with Gasteiger partial charge in [-0.2, -0.15) is 0 Å². The van der Waals surface area contributed by atoms with E-state index in [0.29, 0.717) is 25.0 Å². The van der Waals surface area contributed by atoms with Crippen LogP contribution in [0.3, 0.4) is 0 Å². The van der Waals surface area contributed by atoms with Crippen LogP contribution in [0.15, 0.2) is 0 Å². The molecular weight excluding hydrogens is 248 g/mol. The number of hydrogen-bond acceptors (Lipinski definition) is 3. The van der Waals surface area contributed by atoms with Gasteiger partial charge in [-0.1, -0.05) is 13.8 Å². The highest BCUT2D eigenvalue weighted by Crippen LogP contribution is 2.30. The minimum absolute atomic E-state index is 0.00717. The van der Waals surface area contributed by atoms with Crippen molar-refractivity contribution in [3.8, 4) is 0 Å². The van der Waals surface area contributed by atoms with Crippen LogP contribution in [-0.4, -0.2) is 26.9 Å². The Hall–Kier alpha value is 0.200. The van der Waals surface area contributed by atoms with Crippen molar-refractivity contribution in [3.63, 3.8) is 0 Å². The van der Waals surface area contributed by atoms with Crippen LogP contribution in [0.1, 0.15) is 39.5 Å². The molecule has 96 valence electrons. The molecule has 0 amide bonds. The van der Waals surface area contributed by atoms with Crippen molar-refractivity contribution in [1.29, 1.82) is 0 Å². The third-order valence-electron chi connectivity index (χ3n) is 3.44. The smallest absolute Gasteiger partial charge is 0.232 e. The summed E-state index contributed by atoms with van der Waals surface area (Å²) in [5, 5.41) is 0. The lowest BCUT2D eigenvalue weighted by Gasteiger charge is -2.31. The largest absolute Gasteiger partial charge is 0.378 e. The van der Waals surface area contributed by atoms with E-state index in [-0.39, 0.29) is 5.75 Å². The van der Waals surface area contributed by atoms with Crippen LogP contribution in [0.4, 0.5) is 0 Å². The van der Waals surface area contributed by atoms with E-state index < -0.39 is 9.05 Å². The lowest BCUT2D eigenvalue weighted by molar-refractivity contribution is 0.00326. The minimum Gasteiger partial charge on any atom is -0.378 e. The van der Waals surface area contributed by atoms with Gasteiger partial charge in [-0.05, 0) is 37.5 Å². The number of halogens is 1. The van der Waals surface area contributed by atoms with Crippen molar-refractivity contribution in [2.24, 2.45) is 11.8 Å². The van der Waals surface area contributed by atoms with E-state index in [1.54, 1.807) is 0 Å². The van der Waals surface area contributed by atoms with Gasteiger partial charge in [0.05, 0.1) is 11.9 Å². The van der Waals surface area contributed by atoms with Crippen molar-refractivity contribution in [2.75, 3.05) is 12.4 Å². The van der Waals surface area contributed by atoms with E-state index in [1.165, 1.54) is 6.42 Å². The predicted octanol–water partition coefficient (Wildman–Crippen LogP) is 2.79. The normalized spacial score (nSPS) is 31.6. The van der Waals surface area contributed by atoms with Gasteiger partial charge < -0.3 is 4.74 Å². The maximum Gasteiger partial charge on any atom is 0.232 e. The third-order valence-corrected chi connectivity index (χ3v) is 4.68. The van der Waals surface area contributed by atoms with Gasteiger partial charge >= 0.3 is 0 Å². The molecule has 5 heteroatoms. The number of ether oxygens (including phenoxy) is 1. The van der Waals surface area contributed by atoms with Gasteiger partial charge in [0, 0.05) is 17.3 Å². The first kappa shape index (κ1) is 14.3. The second kappa shape index (κ2) is 6.22. The average Bonchev–Trinajstić information content (AvgIpc) is 2.17. The lowest BCUT2D eigenvalue weighted by Crippen LogP contribution is -2.27. The summed E-state index contributed by atoms with van der Waals surface area (Å²) >= 11 is 0. The Balaban J connectivity index is 2.14. The zero-order chi connectivity index (χ0) is 12.2. The maximum absolute atomic E-state index is 10.7. The minimum atomic E-state index is -3.35. The fourth-order valence-corrected chi connectivity index (χ4v) is 2.92. The third kappa shape index (κ3) is 5.51. The van der Waals surface area contributed by atoms with Crippen LogP contribution in [0, 0.1) is 11.8 Å². The summed E-state index contributed by atoms with van der Waals surface area (Å²) in [6.07, 6.45) is 4.20. The van der Waals surface area contributed by atoms with Crippen LogP contribution in [-0.2, 0) is 13.8 Å². The molecule has 1 aliphatic carbocycles. The van der Waals surface area contributed by atoms with Crippen LogP contribution in [0.5, 0.6) is 0 Å². The second-order valence-electron chi connectivity index (χ2n) is 4.86. The van der Waals surface area contributed by atoms with Gasteiger partial charge in [-0.15, -0.1) is 0 Å². The van der Waals surface area contributed by atoms with Gasteiger partial charge in [0.2, 0.25) is 9.05 Å². The van der Waals surface area contributed by atoms with E-state index >= 15 is 0 Å². The van der Waals surface area contributed by atoms with Gasteiger partial charge in [-0.3, -0.25) is 0 Å². The maximum atomic E-state index is 10.7. The summed E-state index contributed by atoms with van der Waals surface area (Å²) in [4.78, 5) is 0. The van der Waals surface area contributed by atoms with Crippen molar-refractivity contribution < 1.29 is 13.2 Å². The molecule has 0 heterocycles. The highest BCUT2D eigenvalue weighted by atomic mass is 35.7. The van der Waals surface area contributed by atoms with Gasteiger partial charge in [-0.25, -0.2) is 8.42 Å². The summed E-state index contributed by atoms with van der Waals surface area (Å²) in [7, 11) is 1.76. The molecule has 1 aliphatic rings. The van der Waals surface area contributed by atoms with Crippen LogP contribution >= 0.6 is 10.7 Å². The first-order valence-electron chi connectivity index (χ1n) is 5.92. The lowest BCUT2D eigenvalue weighted by atomic mass is 9.80. The molecule has 1 saturated carbocycles. The zero-order valence-corrected chi connectivity index (χ0v) is 11.6. The summed E-state index contributed by atoms with van der Waals surface area (Å²) in [5.74, 6) is 1.49. The number of hydrogen-bond donors (Lipinski definition) is 0. The molecule has 0 spiro atoms. The Bertz CT molecular complexity index is 302. The highest BCUT2D eigenvalue weighted by Gasteiger charge is 2.24. The molecule has 3 atom stereocenters. The highest BCUT2D eigenvalue weighted by molar-refractivity contribution is 8.13. The Labute approximate surface area is 103 Å². The molecule has 0 aliphatic heterocycles. The van der Waals surface area contributed by atoms with Gasteiger partial charge in [0.25, 0.3) is 0 Å². The van der Waals surface area contributed by atoms with Crippen molar-refractivity contribution in [1.82, 2.24) is 0 Å². The van der Waals surface area contributed by atoms with E-state index in [4.69, 9.17) is 15.4 Å². The molecule has 3 nitrogen and oxygen atoms in total. The zero-order valence-electron chi connectivity index (χ0n) is 9.99. The van der Waals surface area contributed by atoms with Crippen LogP contribution < -0.4 is 0 Å². The first-order chi connectivity index (χ1) is 7.38. The summed E-state index contributed by atoms with van der Waals surface area (Å²) in [5.41, 5.74) is 0.